The largest absolute Gasteiger partial charge is 0.490 e. The lowest BCUT2D eigenvalue weighted by Crippen LogP contribution is -2.37. The van der Waals surface area contributed by atoms with Crippen LogP contribution in [0.25, 0.3) is 0 Å². The highest BCUT2D eigenvalue weighted by molar-refractivity contribution is 5.94. The zero-order valence-corrected chi connectivity index (χ0v) is 26.4. The topological polar surface area (TPSA) is 197 Å². The molecule has 0 atom stereocenters. The second-order valence-corrected chi connectivity index (χ2v) is 10.2. The van der Waals surface area contributed by atoms with Crippen LogP contribution in [0, 0.1) is 11.8 Å². The maximum absolute atomic E-state index is 13.0. The van der Waals surface area contributed by atoms with Gasteiger partial charge in [0.15, 0.2) is 0 Å². The van der Waals surface area contributed by atoms with Crippen LogP contribution in [0.4, 0.5) is 45.3 Å². The molecule has 2 aromatic carbocycles. The van der Waals surface area contributed by atoms with Crippen molar-refractivity contribution in [2.24, 2.45) is 5.73 Å². The Morgan fingerprint density at radius 3 is 1.65 bits per heavy atom. The second-order valence-electron chi connectivity index (χ2n) is 10.2. The van der Waals surface area contributed by atoms with E-state index < -0.39 is 36.4 Å². The predicted octanol–water partition coefficient (Wildman–Crippen LogP) is 5.44. The average Bonchev–Trinajstić information content (AvgIpc) is 3.07. The molecule has 1 fully saturated rings. The summed E-state index contributed by atoms with van der Waals surface area (Å²) in [7, 11) is 0. The number of carboxylic acids is 3. The van der Waals surface area contributed by atoms with Crippen LogP contribution in [-0.2, 0) is 20.9 Å². The Hall–Kier alpha value is -5.84. The van der Waals surface area contributed by atoms with Crippen molar-refractivity contribution in [2.75, 3.05) is 18.8 Å². The number of amides is 1. The summed E-state index contributed by atoms with van der Waals surface area (Å²) in [5, 5.41) is 21.4. The van der Waals surface area contributed by atoms with Crippen molar-refractivity contribution < 1.29 is 74.0 Å². The van der Waals surface area contributed by atoms with Gasteiger partial charge in [0.2, 0.25) is 0 Å². The minimum atomic E-state index is -5.08. The molecule has 0 radical (unpaired) electrons. The van der Waals surface area contributed by atoms with Gasteiger partial charge in [0.05, 0.1) is 0 Å². The average molecular weight is 753 g/mol. The van der Waals surface area contributed by atoms with E-state index >= 15 is 0 Å². The highest BCUT2D eigenvalue weighted by atomic mass is 19.4. The lowest BCUT2D eigenvalue weighted by Gasteiger charge is -2.32. The van der Waals surface area contributed by atoms with E-state index in [0.29, 0.717) is 23.8 Å². The number of carbonyl (C=O) groups is 4. The van der Waals surface area contributed by atoms with E-state index in [1.807, 2.05) is 35.2 Å². The lowest BCUT2D eigenvalue weighted by atomic mass is 9.88. The monoisotopic (exact) mass is 752 g/mol. The molecule has 3 aromatic rings. The van der Waals surface area contributed by atoms with Crippen LogP contribution in [0.3, 0.4) is 0 Å². The molecule has 52 heavy (non-hydrogen) atoms. The first-order chi connectivity index (χ1) is 23.9. The number of nitrogens with zero attached hydrogens (tertiary/aromatic N) is 2. The Morgan fingerprint density at radius 2 is 1.21 bits per heavy atom. The summed E-state index contributed by atoms with van der Waals surface area (Å²) in [6.45, 7) is 2.06. The van der Waals surface area contributed by atoms with Gasteiger partial charge in [0.1, 0.15) is 5.82 Å². The molecule has 1 aliphatic heterocycles. The summed E-state index contributed by atoms with van der Waals surface area (Å²) in [6.07, 6.45) is -11.7. The van der Waals surface area contributed by atoms with Gasteiger partial charge in [-0.1, -0.05) is 42.2 Å². The van der Waals surface area contributed by atoms with Crippen molar-refractivity contribution in [3.05, 3.63) is 94.7 Å². The second kappa shape index (κ2) is 19.5. The molecule has 282 valence electrons. The standard InChI is InChI=1S/C26H26N4O.3C2HF3O2/c27-17-21-4-2-5-23(16-21)22-11-13-30(14-12-22)26(31)24-6-1-3-19(15-24)7-8-20-9-10-25(28)29-18-20;3*3-2(4,5)1(6)7/h1-6,9-10,15-16,18,22H,11-14,17,27H2,(H2,28,29);3*(H,6,7). The quantitative estimate of drug-likeness (QED) is 0.170. The number of hydrogen-bond acceptors (Lipinski definition) is 7. The zero-order chi connectivity index (χ0) is 39.9. The molecule has 0 saturated carbocycles. The first-order valence-electron chi connectivity index (χ1n) is 14.3. The van der Waals surface area contributed by atoms with Crippen molar-refractivity contribution in [3.8, 4) is 11.8 Å². The summed E-state index contributed by atoms with van der Waals surface area (Å²) >= 11 is 0. The predicted molar refractivity (Wildman–Crippen MR) is 164 cm³/mol. The Bertz CT molecular complexity index is 1670. The van der Waals surface area contributed by atoms with Crippen molar-refractivity contribution in [1.82, 2.24) is 9.88 Å². The molecule has 0 spiro atoms. The molecule has 20 heteroatoms. The molecule has 1 saturated heterocycles. The third kappa shape index (κ3) is 16.2. The number of nitrogens with two attached hydrogens (primary N) is 2. The van der Waals surface area contributed by atoms with Crippen LogP contribution in [0.15, 0.2) is 66.9 Å². The number of aromatic nitrogens is 1. The van der Waals surface area contributed by atoms with Gasteiger partial charge in [-0.25, -0.2) is 19.4 Å². The molecule has 1 aromatic heterocycles. The van der Waals surface area contributed by atoms with Crippen LogP contribution in [-0.4, -0.2) is 80.6 Å². The van der Waals surface area contributed by atoms with E-state index in [0.717, 1.165) is 42.6 Å². The number of hydrogen-bond donors (Lipinski definition) is 5. The molecule has 11 nitrogen and oxygen atoms in total. The molecule has 0 unspecified atom stereocenters. The van der Waals surface area contributed by atoms with Gasteiger partial charge < -0.3 is 31.7 Å². The molecular formula is C32H29F9N4O7. The fourth-order valence-electron chi connectivity index (χ4n) is 3.93. The Labute approximate surface area is 288 Å². The van der Waals surface area contributed by atoms with Crippen LogP contribution in [0.5, 0.6) is 0 Å². The number of alkyl halides is 9. The van der Waals surface area contributed by atoms with Gasteiger partial charge in [0.25, 0.3) is 5.91 Å². The van der Waals surface area contributed by atoms with Crippen LogP contribution >= 0.6 is 0 Å². The number of carbonyl (C=O) groups excluding carboxylic acids is 1. The van der Waals surface area contributed by atoms with Gasteiger partial charge in [-0.15, -0.1) is 0 Å². The molecule has 0 bridgehead atoms. The Kier molecular flexibility index (Phi) is 16.6. The number of aliphatic carboxylic acids is 3. The highest BCUT2D eigenvalue weighted by Gasteiger charge is 2.39. The number of halogens is 9. The number of likely N-dealkylation sites (tertiary alicyclic amines) is 1. The number of rotatable bonds is 3. The van der Waals surface area contributed by atoms with Crippen molar-refractivity contribution >= 4 is 29.6 Å². The van der Waals surface area contributed by atoms with E-state index in [9.17, 15) is 44.3 Å². The van der Waals surface area contributed by atoms with Crippen molar-refractivity contribution in [2.45, 2.75) is 43.8 Å². The SMILES string of the molecule is NCc1cccc(C2CCN(C(=O)c3cccc(C#Cc4ccc(N)nc4)c3)CC2)c1.O=C(O)C(F)(F)F.O=C(O)C(F)(F)F.O=C(O)C(F)(F)F. The molecule has 1 aliphatic rings. The fourth-order valence-corrected chi connectivity index (χ4v) is 3.93. The fraction of sp³-hybridized carbons (Fsp3) is 0.281. The van der Waals surface area contributed by atoms with Crippen LogP contribution in [0.1, 0.15) is 51.4 Å². The summed E-state index contributed by atoms with van der Waals surface area (Å²) in [5.41, 5.74) is 16.1. The van der Waals surface area contributed by atoms with Crippen molar-refractivity contribution in [1.29, 1.82) is 0 Å². The maximum atomic E-state index is 13.0. The van der Waals surface area contributed by atoms with E-state index in [2.05, 4.69) is 41.1 Å². The molecule has 0 aliphatic carbocycles. The molecule has 7 N–H and O–H groups in total. The summed E-state index contributed by atoms with van der Waals surface area (Å²) in [4.78, 5) is 45.7. The van der Waals surface area contributed by atoms with Gasteiger partial charge in [0, 0.05) is 42.5 Å². The number of carboxylic acid groups (broad SMARTS) is 3. The minimum Gasteiger partial charge on any atom is -0.475 e. The van der Waals surface area contributed by atoms with E-state index in [1.54, 1.807) is 12.3 Å². The zero-order valence-electron chi connectivity index (χ0n) is 26.4. The molecular weight excluding hydrogens is 723 g/mol. The smallest absolute Gasteiger partial charge is 0.475 e. The number of piperidine rings is 1. The normalized spacial score (nSPS) is 12.9. The maximum Gasteiger partial charge on any atom is 0.490 e. The van der Waals surface area contributed by atoms with Gasteiger partial charge in [-0.2, -0.15) is 39.5 Å². The van der Waals surface area contributed by atoms with E-state index in [-0.39, 0.29) is 5.91 Å². The molecule has 4 rings (SSSR count). The Morgan fingerprint density at radius 1 is 0.731 bits per heavy atom. The third-order valence-electron chi connectivity index (χ3n) is 6.41. The first kappa shape index (κ1) is 44.2. The first-order valence-corrected chi connectivity index (χ1v) is 14.3. The minimum absolute atomic E-state index is 0.0620. The third-order valence-corrected chi connectivity index (χ3v) is 6.41. The summed E-state index contributed by atoms with van der Waals surface area (Å²) < 4.78 is 95.2. The van der Waals surface area contributed by atoms with Crippen molar-refractivity contribution in [3.63, 3.8) is 0 Å². The van der Waals surface area contributed by atoms with Gasteiger partial charge in [-0.05, 0) is 60.2 Å². The lowest BCUT2D eigenvalue weighted by molar-refractivity contribution is -0.193. The number of anilines is 1. The van der Waals surface area contributed by atoms with Crippen LogP contribution in [0.2, 0.25) is 0 Å². The van der Waals surface area contributed by atoms with E-state index in [4.69, 9.17) is 41.2 Å². The van der Waals surface area contributed by atoms with Gasteiger partial charge >= 0.3 is 36.4 Å². The number of pyridine rings is 1. The van der Waals surface area contributed by atoms with Crippen LogP contribution < -0.4 is 11.5 Å². The highest BCUT2D eigenvalue weighted by Crippen LogP contribution is 2.29. The molecule has 1 amide bonds. The molecule has 2 heterocycles. The van der Waals surface area contributed by atoms with Gasteiger partial charge in [-0.3, -0.25) is 4.79 Å². The number of nitrogen functional groups attached to an aromatic ring is 1. The Balaban J connectivity index is 0.000000525. The van der Waals surface area contributed by atoms with E-state index in [1.165, 1.54) is 5.56 Å². The summed E-state index contributed by atoms with van der Waals surface area (Å²) in [5.74, 6) is -1.10. The number of benzene rings is 2. The summed E-state index contributed by atoms with van der Waals surface area (Å²) in [6, 6.07) is 19.5.